The van der Waals surface area contributed by atoms with Crippen LogP contribution in [0.4, 0.5) is 5.82 Å². The van der Waals surface area contributed by atoms with Crippen LogP contribution in [0.15, 0.2) is 6.07 Å². The normalized spacial score (nSPS) is 27.4. The molecule has 6 heteroatoms. The van der Waals surface area contributed by atoms with E-state index in [2.05, 4.69) is 9.88 Å². The van der Waals surface area contributed by atoms with E-state index >= 15 is 0 Å². The van der Waals surface area contributed by atoms with E-state index in [9.17, 15) is 0 Å². The van der Waals surface area contributed by atoms with Gasteiger partial charge >= 0.3 is 0 Å². The quantitative estimate of drug-likeness (QED) is 0.738. The van der Waals surface area contributed by atoms with E-state index in [4.69, 9.17) is 39.5 Å². The molecule has 1 saturated heterocycles. The van der Waals surface area contributed by atoms with Crippen molar-refractivity contribution in [3.8, 4) is 0 Å². The monoisotopic (exact) mass is 306 g/mol. The van der Waals surface area contributed by atoms with Gasteiger partial charge in [0.05, 0.1) is 28.8 Å². The van der Waals surface area contributed by atoms with Crippen LogP contribution in [0, 0.1) is 0 Å². The van der Waals surface area contributed by atoms with Crippen LogP contribution in [0.5, 0.6) is 0 Å². The van der Waals surface area contributed by atoms with Gasteiger partial charge in [0.25, 0.3) is 0 Å². The molecule has 18 heavy (non-hydrogen) atoms. The number of fused-ring (bicyclic) bond motifs is 1. The van der Waals surface area contributed by atoms with Crippen molar-refractivity contribution in [2.75, 3.05) is 18.1 Å². The molecule has 1 aromatic rings. The minimum absolute atomic E-state index is 0.297. The maximum absolute atomic E-state index is 6.24. The highest BCUT2D eigenvalue weighted by Gasteiger charge is 2.37. The summed E-state index contributed by atoms with van der Waals surface area (Å²) in [7, 11) is 0. The Kier molecular flexibility index (Phi) is 3.59. The van der Waals surface area contributed by atoms with Crippen LogP contribution >= 0.6 is 34.8 Å². The minimum atomic E-state index is 0.297. The molecule has 0 amide bonds. The van der Waals surface area contributed by atoms with Gasteiger partial charge in [0.1, 0.15) is 11.0 Å². The highest BCUT2D eigenvalue weighted by atomic mass is 35.5. The molecule has 0 N–H and O–H groups in total. The summed E-state index contributed by atoms with van der Waals surface area (Å²) in [5.74, 6) is 0.728. The molecule has 98 valence electrons. The van der Waals surface area contributed by atoms with Gasteiger partial charge in [0.15, 0.2) is 0 Å². The van der Waals surface area contributed by atoms with Crippen LogP contribution in [0.25, 0.3) is 0 Å². The highest BCUT2D eigenvalue weighted by Crippen LogP contribution is 2.37. The number of ether oxygens (including phenoxy) is 1. The van der Waals surface area contributed by atoms with Gasteiger partial charge < -0.3 is 9.64 Å². The maximum atomic E-state index is 6.24. The van der Waals surface area contributed by atoms with Gasteiger partial charge in [-0.2, -0.15) is 0 Å². The van der Waals surface area contributed by atoms with Crippen molar-refractivity contribution in [3.05, 3.63) is 21.3 Å². The molecule has 0 aromatic carbocycles. The van der Waals surface area contributed by atoms with E-state index in [-0.39, 0.29) is 0 Å². The molecular weight excluding hydrogens is 295 g/mol. The molecule has 1 aliphatic heterocycles. The van der Waals surface area contributed by atoms with Crippen molar-refractivity contribution >= 4 is 40.6 Å². The molecule has 0 spiro atoms. The molecule has 2 unspecified atom stereocenters. The number of pyridine rings is 1. The Morgan fingerprint density at radius 2 is 2.06 bits per heavy atom. The Morgan fingerprint density at radius 3 is 2.89 bits per heavy atom. The molecule has 2 atom stereocenters. The number of morpholine rings is 1. The lowest BCUT2D eigenvalue weighted by atomic mass is 10.1. The first-order chi connectivity index (χ1) is 8.66. The summed E-state index contributed by atoms with van der Waals surface area (Å²) in [5, 5.41) is 1.25. The standard InChI is InChI=1S/C12H13Cl3N2O/c13-7-6-8(14)12(16-11(7)15)17-4-5-18-10-3-1-2-9(10)17/h6,9-10H,1-5H2. The van der Waals surface area contributed by atoms with Gasteiger partial charge in [-0.15, -0.1) is 0 Å². The molecule has 3 rings (SSSR count). The smallest absolute Gasteiger partial charge is 0.150 e. The molecule has 1 aliphatic carbocycles. The zero-order valence-electron chi connectivity index (χ0n) is 9.70. The number of hydrogen-bond donors (Lipinski definition) is 0. The van der Waals surface area contributed by atoms with Crippen LogP contribution in [-0.4, -0.2) is 30.3 Å². The molecule has 2 aliphatic rings. The number of halogens is 3. The first-order valence-electron chi connectivity index (χ1n) is 6.06. The topological polar surface area (TPSA) is 25.4 Å². The zero-order valence-corrected chi connectivity index (χ0v) is 12.0. The fraction of sp³-hybridized carbons (Fsp3) is 0.583. The first-order valence-corrected chi connectivity index (χ1v) is 7.20. The Hall–Kier alpha value is -0.220. The van der Waals surface area contributed by atoms with Crippen LogP contribution in [0.1, 0.15) is 19.3 Å². The molecular formula is C12H13Cl3N2O. The van der Waals surface area contributed by atoms with Gasteiger partial charge in [-0.3, -0.25) is 0 Å². The maximum Gasteiger partial charge on any atom is 0.150 e. The molecule has 0 bridgehead atoms. The second-order valence-electron chi connectivity index (χ2n) is 4.67. The zero-order chi connectivity index (χ0) is 12.7. The first kappa shape index (κ1) is 12.8. The van der Waals surface area contributed by atoms with Crippen LogP contribution in [0.3, 0.4) is 0 Å². The Morgan fingerprint density at radius 1 is 1.22 bits per heavy atom. The molecule has 3 nitrogen and oxygen atoms in total. The minimum Gasteiger partial charge on any atom is -0.374 e. The predicted molar refractivity (Wildman–Crippen MR) is 74.0 cm³/mol. The highest BCUT2D eigenvalue weighted by molar-refractivity contribution is 6.42. The second-order valence-corrected chi connectivity index (χ2v) is 5.84. The van der Waals surface area contributed by atoms with Crippen LogP contribution in [-0.2, 0) is 4.74 Å². The SMILES string of the molecule is Clc1cc(Cl)c(N2CCOC3CCCC32)nc1Cl. The fourth-order valence-corrected chi connectivity index (χ4v) is 3.43. The van der Waals surface area contributed by atoms with Crippen molar-refractivity contribution in [1.29, 1.82) is 0 Å². The second kappa shape index (κ2) is 5.04. The van der Waals surface area contributed by atoms with E-state index in [1.54, 1.807) is 6.07 Å². The number of anilines is 1. The Labute approximate surface area is 121 Å². The van der Waals surface area contributed by atoms with Crippen molar-refractivity contribution < 1.29 is 4.74 Å². The van der Waals surface area contributed by atoms with Crippen LogP contribution < -0.4 is 4.90 Å². The van der Waals surface area contributed by atoms with E-state index in [0.29, 0.717) is 34.0 Å². The third-order valence-corrected chi connectivity index (χ3v) is 4.57. The average Bonchev–Trinajstić information content (AvgIpc) is 2.82. The molecule has 1 saturated carbocycles. The van der Waals surface area contributed by atoms with Crippen molar-refractivity contribution in [2.45, 2.75) is 31.4 Å². The Bertz CT molecular complexity index is 469. The summed E-state index contributed by atoms with van der Waals surface area (Å²) in [6.45, 7) is 1.51. The summed E-state index contributed by atoms with van der Waals surface area (Å²) in [6, 6.07) is 2.02. The third kappa shape index (κ3) is 2.18. The molecule has 1 aromatic heterocycles. The molecule has 2 heterocycles. The van der Waals surface area contributed by atoms with E-state index in [1.807, 2.05) is 0 Å². The van der Waals surface area contributed by atoms with E-state index in [0.717, 1.165) is 25.2 Å². The lowest BCUT2D eigenvalue weighted by Crippen LogP contribution is -2.49. The third-order valence-electron chi connectivity index (χ3n) is 3.62. The number of nitrogens with zero attached hydrogens (tertiary/aromatic N) is 2. The summed E-state index contributed by atoms with van der Waals surface area (Å²) in [5.41, 5.74) is 0. The summed E-state index contributed by atoms with van der Waals surface area (Å²) in [4.78, 5) is 6.54. The molecule has 0 radical (unpaired) electrons. The average molecular weight is 308 g/mol. The van der Waals surface area contributed by atoms with E-state index < -0.39 is 0 Å². The largest absolute Gasteiger partial charge is 0.374 e. The van der Waals surface area contributed by atoms with Gasteiger partial charge in [-0.25, -0.2) is 4.98 Å². The fourth-order valence-electron chi connectivity index (χ4n) is 2.83. The van der Waals surface area contributed by atoms with Gasteiger partial charge in [-0.05, 0) is 25.3 Å². The van der Waals surface area contributed by atoms with Gasteiger partial charge in [0, 0.05) is 6.54 Å². The van der Waals surface area contributed by atoms with Gasteiger partial charge in [0.2, 0.25) is 0 Å². The number of aromatic nitrogens is 1. The predicted octanol–water partition coefficient (Wildman–Crippen LogP) is 3.80. The lowest BCUT2D eigenvalue weighted by Gasteiger charge is -2.38. The van der Waals surface area contributed by atoms with Crippen molar-refractivity contribution in [3.63, 3.8) is 0 Å². The van der Waals surface area contributed by atoms with E-state index in [1.165, 1.54) is 6.42 Å². The molecule has 2 fully saturated rings. The van der Waals surface area contributed by atoms with Crippen LogP contribution in [0.2, 0.25) is 15.2 Å². The summed E-state index contributed by atoms with van der Waals surface area (Å²) in [6.07, 6.45) is 3.71. The number of rotatable bonds is 1. The van der Waals surface area contributed by atoms with Crippen molar-refractivity contribution in [1.82, 2.24) is 4.98 Å². The summed E-state index contributed by atoms with van der Waals surface area (Å²) < 4.78 is 5.78. The van der Waals surface area contributed by atoms with Gasteiger partial charge in [-0.1, -0.05) is 34.8 Å². The number of hydrogen-bond acceptors (Lipinski definition) is 3. The summed E-state index contributed by atoms with van der Waals surface area (Å²) >= 11 is 18.1. The lowest BCUT2D eigenvalue weighted by molar-refractivity contribution is 0.0253. The van der Waals surface area contributed by atoms with Crippen molar-refractivity contribution in [2.24, 2.45) is 0 Å². The Balaban J connectivity index is 1.96.